The molecule has 210 valence electrons. The number of nitrogens with zero attached hydrogens (tertiary/aromatic N) is 2. The van der Waals surface area contributed by atoms with Gasteiger partial charge in [0.1, 0.15) is 0 Å². The Hall–Kier alpha value is -5.19. The van der Waals surface area contributed by atoms with E-state index >= 15 is 0 Å². The van der Waals surface area contributed by atoms with Crippen molar-refractivity contribution in [1.29, 1.82) is 0 Å². The van der Waals surface area contributed by atoms with Gasteiger partial charge in [-0.25, -0.2) is 4.99 Å². The van der Waals surface area contributed by atoms with E-state index in [2.05, 4.69) is 149 Å². The van der Waals surface area contributed by atoms with E-state index in [9.17, 15) is 0 Å². The second kappa shape index (κ2) is 10.2. The molecule has 0 spiro atoms. The average Bonchev–Trinajstić information content (AvgIpc) is 3.64. The molecule has 5 aromatic carbocycles. The number of aliphatic imine (C=N–C) groups is 1. The number of para-hydroxylation sites is 1. The van der Waals surface area contributed by atoms with E-state index in [1.54, 1.807) is 0 Å². The van der Waals surface area contributed by atoms with Crippen molar-refractivity contribution in [3.8, 4) is 11.1 Å². The molecule has 4 heteroatoms. The highest BCUT2D eigenvalue weighted by molar-refractivity contribution is 7.26. The summed E-state index contributed by atoms with van der Waals surface area (Å²) in [5.41, 5.74) is 8.47. The zero-order valence-electron chi connectivity index (χ0n) is 24.1. The second-order valence-electron chi connectivity index (χ2n) is 11.5. The largest absolute Gasteiger partial charge is 0.326 e. The lowest BCUT2D eigenvalue weighted by Crippen LogP contribution is -2.34. The summed E-state index contributed by atoms with van der Waals surface area (Å²) in [6.45, 7) is 0. The SMILES string of the molecule is C1=CCCC(C2=CC(c3ccccc3)N=C(n3c4ccccc4c4cc(-c5cccc6c5sc5ccccc56)ccc43)N2)=C1. The minimum absolute atomic E-state index is 0.0738. The number of thiophene rings is 1. The molecule has 1 aliphatic carbocycles. The van der Waals surface area contributed by atoms with E-state index in [0.717, 1.165) is 35.5 Å². The molecular weight excluding hydrogens is 555 g/mol. The Labute approximate surface area is 259 Å². The predicted molar refractivity (Wildman–Crippen MR) is 187 cm³/mol. The van der Waals surface area contributed by atoms with Crippen molar-refractivity contribution < 1.29 is 0 Å². The molecule has 1 aliphatic heterocycles. The van der Waals surface area contributed by atoms with Crippen molar-refractivity contribution in [2.75, 3.05) is 0 Å². The lowest BCUT2D eigenvalue weighted by molar-refractivity contribution is 0.811. The topological polar surface area (TPSA) is 29.3 Å². The smallest absolute Gasteiger partial charge is 0.208 e. The van der Waals surface area contributed by atoms with Crippen LogP contribution < -0.4 is 5.32 Å². The molecule has 0 bridgehead atoms. The summed E-state index contributed by atoms with van der Waals surface area (Å²) < 4.78 is 4.98. The summed E-state index contributed by atoms with van der Waals surface area (Å²) in [6, 6.07) is 41.6. The number of rotatable bonds is 3. The summed E-state index contributed by atoms with van der Waals surface area (Å²) in [5.74, 6) is 0.859. The lowest BCUT2D eigenvalue weighted by atomic mass is 9.97. The van der Waals surface area contributed by atoms with Crippen LogP contribution in [-0.4, -0.2) is 10.5 Å². The molecule has 3 heterocycles. The molecule has 3 nitrogen and oxygen atoms in total. The Morgan fingerprint density at radius 2 is 1.52 bits per heavy atom. The molecule has 2 aromatic heterocycles. The van der Waals surface area contributed by atoms with Crippen LogP contribution in [0.25, 0.3) is 53.1 Å². The van der Waals surface area contributed by atoms with Crippen molar-refractivity contribution in [3.63, 3.8) is 0 Å². The van der Waals surface area contributed by atoms with Gasteiger partial charge in [-0.3, -0.25) is 4.57 Å². The Morgan fingerprint density at radius 1 is 0.727 bits per heavy atom. The first-order valence-corrected chi connectivity index (χ1v) is 16.1. The van der Waals surface area contributed by atoms with E-state index in [1.807, 2.05) is 11.3 Å². The molecule has 44 heavy (non-hydrogen) atoms. The van der Waals surface area contributed by atoms with Crippen molar-refractivity contribution in [2.24, 2.45) is 4.99 Å². The first-order chi connectivity index (χ1) is 21.8. The number of aromatic nitrogens is 1. The fourth-order valence-electron chi connectivity index (χ4n) is 6.81. The van der Waals surface area contributed by atoms with Gasteiger partial charge >= 0.3 is 0 Å². The molecule has 0 radical (unpaired) electrons. The third-order valence-electron chi connectivity index (χ3n) is 8.93. The fraction of sp³-hybridized carbons (Fsp3) is 0.0750. The zero-order chi connectivity index (χ0) is 29.0. The lowest BCUT2D eigenvalue weighted by Gasteiger charge is -2.26. The third kappa shape index (κ3) is 4.06. The Balaban J connectivity index is 1.24. The molecule has 0 saturated carbocycles. The van der Waals surface area contributed by atoms with E-state index in [0.29, 0.717) is 0 Å². The van der Waals surface area contributed by atoms with Gasteiger partial charge < -0.3 is 5.32 Å². The Kier molecular flexibility index (Phi) is 5.88. The maximum atomic E-state index is 5.33. The minimum Gasteiger partial charge on any atom is -0.326 e. The maximum Gasteiger partial charge on any atom is 0.208 e. The van der Waals surface area contributed by atoms with Gasteiger partial charge in [0, 0.05) is 36.6 Å². The number of hydrogen-bond donors (Lipinski definition) is 1. The van der Waals surface area contributed by atoms with E-state index in [1.165, 1.54) is 53.2 Å². The van der Waals surface area contributed by atoms with Gasteiger partial charge in [-0.15, -0.1) is 11.3 Å². The van der Waals surface area contributed by atoms with Gasteiger partial charge in [-0.05, 0) is 65.4 Å². The Bertz CT molecular complexity index is 2360. The summed E-state index contributed by atoms with van der Waals surface area (Å²) in [5, 5.41) is 8.88. The number of benzene rings is 5. The van der Waals surface area contributed by atoms with Crippen LogP contribution in [0.3, 0.4) is 0 Å². The first kappa shape index (κ1) is 25.3. The maximum absolute atomic E-state index is 5.33. The van der Waals surface area contributed by atoms with Crippen LogP contribution in [0.5, 0.6) is 0 Å². The summed E-state index contributed by atoms with van der Waals surface area (Å²) in [4.78, 5) is 5.33. The van der Waals surface area contributed by atoms with Crippen LogP contribution in [0.4, 0.5) is 0 Å². The standard InChI is InChI=1S/C40H29N3S/c1-3-12-26(13-4-1)34-25-35(27-14-5-2-6-15-27)42-40(41-34)43-36-20-9-7-16-30(36)33-24-28(22-23-37(33)43)29-18-11-19-32-31-17-8-10-21-38(31)44-39(29)32/h1-5,7-14,16-25,34H,6,15H2,(H,41,42). The molecule has 2 aliphatic rings. The van der Waals surface area contributed by atoms with Crippen LogP contribution >= 0.6 is 11.3 Å². The molecule has 0 saturated heterocycles. The summed E-state index contributed by atoms with van der Waals surface area (Å²) in [7, 11) is 0. The number of fused-ring (bicyclic) bond motifs is 6. The average molecular weight is 584 g/mol. The van der Waals surface area contributed by atoms with Gasteiger partial charge in [0.2, 0.25) is 5.96 Å². The molecule has 0 amide bonds. The monoisotopic (exact) mass is 583 g/mol. The van der Waals surface area contributed by atoms with Crippen LogP contribution in [0, 0.1) is 0 Å². The number of nitrogens with one attached hydrogen (secondary N) is 1. The highest BCUT2D eigenvalue weighted by Crippen LogP contribution is 2.41. The normalized spacial score (nSPS) is 16.7. The highest BCUT2D eigenvalue weighted by Gasteiger charge is 2.24. The molecule has 0 fully saturated rings. The van der Waals surface area contributed by atoms with Gasteiger partial charge in [0.05, 0.1) is 17.1 Å². The second-order valence-corrected chi connectivity index (χ2v) is 12.6. The van der Waals surface area contributed by atoms with Crippen LogP contribution in [-0.2, 0) is 0 Å². The summed E-state index contributed by atoms with van der Waals surface area (Å²) >= 11 is 1.88. The predicted octanol–water partition coefficient (Wildman–Crippen LogP) is 10.5. The number of hydrogen-bond acceptors (Lipinski definition) is 3. The molecular formula is C40H29N3S. The molecule has 1 unspecified atom stereocenters. The van der Waals surface area contributed by atoms with E-state index < -0.39 is 0 Å². The first-order valence-electron chi connectivity index (χ1n) is 15.2. The van der Waals surface area contributed by atoms with Crippen LogP contribution in [0.15, 0.2) is 156 Å². The zero-order valence-corrected chi connectivity index (χ0v) is 24.9. The molecule has 1 atom stereocenters. The fourth-order valence-corrected chi connectivity index (χ4v) is 8.05. The van der Waals surface area contributed by atoms with Crippen molar-refractivity contribution in [2.45, 2.75) is 18.9 Å². The van der Waals surface area contributed by atoms with Crippen LogP contribution in [0.2, 0.25) is 0 Å². The van der Waals surface area contributed by atoms with Crippen molar-refractivity contribution >= 4 is 59.3 Å². The minimum atomic E-state index is -0.0738. The van der Waals surface area contributed by atoms with Gasteiger partial charge in [-0.1, -0.05) is 109 Å². The number of allylic oxidation sites excluding steroid dienone is 4. The van der Waals surface area contributed by atoms with Gasteiger partial charge in [0.25, 0.3) is 0 Å². The van der Waals surface area contributed by atoms with Gasteiger partial charge in [0.15, 0.2) is 0 Å². The molecule has 7 aromatic rings. The quantitative estimate of drug-likeness (QED) is 0.220. The van der Waals surface area contributed by atoms with Crippen LogP contribution in [0.1, 0.15) is 24.4 Å². The third-order valence-corrected chi connectivity index (χ3v) is 10.2. The van der Waals surface area contributed by atoms with Crippen molar-refractivity contribution in [3.05, 3.63) is 156 Å². The van der Waals surface area contributed by atoms with Gasteiger partial charge in [-0.2, -0.15) is 0 Å². The van der Waals surface area contributed by atoms with E-state index in [-0.39, 0.29) is 6.04 Å². The van der Waals surface area contributed by atoms with Crippen molar-refractivity contribution in [1.82, 2.24) is 9.88 Å². The Morgan fingerprint density at radius 3 is 2.41 bits per heavy atom. The highest BCUT2D eigenvalue weighted by atomic mass is 32.1. The molecule has 1 N–H and O–H groups in total. The van der Waals surface area contributed by atoms with E-state index in [4.69, 9.17) is 4.99 Å². The summed E-state index contributed by atoms with van der Waals surface area (Å²) in [6.07, 6.45) is 11.0. The molecule has 9 rings (SSSR count).